The van der Waals surface area contributed by atoms with E-state index >= 15 is 0 Å². The Labute approximate surface area is 115 Å². The molecule has 1 aliphatic rings. The highest BCUT2D eigenvalue weighted by atomic mass is 19.4. The summed E-state index contributed by atoms with van der Waals surface area (Å²) >= 11 is 0. The van der Waals surface area contributed by atoms with Gasteiger partial charge in [0.25, 0.3) is 0 Å². The van der Waals surface area contributed by atoms with Crippen LogP contribution < -0.4 is 4.74 Å². The summed E-state index contributed by atoms with van der Waals surface area (Å²) < 4.78 is 49.2. The van der Waals surface area contributed by atoms with Gasteiger partial charge in [0.1, 0.15) is 5.75 Å². The van der Waals surface area contributed by atoms with E-state index < -0.39 is 11.7 Å². The van der Waals surface area contributed by atoms with Crippen molar-refractivity contribution >= 4 is 0 Å². The van der Waals surface area contributed by atoms with E-state index in [1.807, 2.05) is 5.92 Å². The number of hydrogen-bond donors (Lipinski definition) is 0. The van der Waals surface area contributed by atoms with Gasteiger partial charge in [-0.2, -0.15) is 13.2 Å². The number of alkyl halides is 3. The minimum absolute atomic E-state index is 0.170. The summed E-state index contributed by atoms with van der Waals surface area (Å²) in [6.07, 6.45) is 2.35. The van der Waals surface area contributed by atoms with Crippen LogP contribution in [0.2, 0.25) is 0 Å². The Bertz CT molecular complexity index is 497. The minimum atomic E-state index is -4.47. The maximum atomic E-state index is 12.8. The van der Waals surface area contributed by atoms with Gasteiger partial charge in [0.2, 0.25) is 0 Å². The van der Waals surface area contributed by atoms with E-state index in [0.717, 1.165) is 18.9 Å². The molecule has 0 atom stereocenters. The standard InChI is InChI=1S/C15H15F3O2/c1-2-12-3-4-13(9-14(12)15(16,17)18)20-10-11-5-7-19-8-6-11/h1,3-4,9,11H,5-8,10H2. The fourth-order valence-corrected chi connectivity index (χ4v) is 2.10. The summed E-state index contributed by atoms with van der Waals surface area (Å²) in [6.45, 7) is 1.76. The molecule has 1 heterocycles. The molecule has 0 saturated carbocycles. The lowest BCUT2D eigenvalue weighted by atomic mass is 10.0. The number of terminal acetylenes is 1. The molecule has 2 rings (SSSR count). The van der Waals surface area contributed by atoms with Gasteiger partial charge < -0.3 is 9.47 Å². The molecule has 0 radical (unpaired) electrons. The van der Waals surface area contributed by atoms with Crippen molar-refractivity contribution in [3.8, 4) is 18.1 Å². The third kappa shape index (κ3) is 3.67. The molecule has 108 valence electrons. The van der Waals surface area contributed by atoms with Crippen LogP contribution in [0.4, 0.5) is 13.2 Å². The van der Waals surface area contributed by atoms with Crippen LogP contribution >= 0.6 is 0 Å². The average molecular weight is 284 g/mol. The van der Waals surface area contributed by atoms with Crippen molar-refractivity contribution < 1.29 is 22.6 Å². The van der Waals surface area contributed by atoms with Gasteiger partial charge in [-0.15, -0.1) is 6.42 Å². The Morgan fingerprint density at radius 1 is 1.30 bits per heavy atom. The predicted molar refractivity (Wildman–Crippen MR) is 68.4 cm³/mol. The summed E-state index contributed by atoms with van der Waals surface area (Å²) in [7, 11) is 0. The first-order chi connectivity index (χ1) is 9.50. The molecule has 1 aromatic carbocycles. The van der Waals surface area contributed by atoms with Crippen molar-refractivity contribution in [2.45, 2.75) is 19.0 Å². The van der Waals surface area contributed by atoms with Gasteiger partial charge in [0, 0.05) is 18.8 Å². The minimum Gasteiger partial charge on any atom is -0.493 e. The van der Waals surface area contributed by atoms with Crippen molar-refractivity contribution in [3.05, 3.63) is 29.3 Å². The van der Waals surface area contributed by atoms with Gasteiger partial charge >= 0.3 is 6.18 Å². The van der Waals surface area contributed by atoms with Crippen molar-refractivity contribution in [1.82, 2.24) is 0 Å². The maximum absolute atomic E-state index is 12.8. The summed E-state index contributed by atoms with van der Waals surface area (Å²) in [5.74, 6) is 2.56. The summed E-state index contributed by atoms with van der Waals surface area (Å²) in [4.78, 5) is 0. The SMILES string of the molecule is C#Cc1ccc(OCC2CCOCC2)cc1C(F)(F)F. The Balaban J connectivity index is 2.07. The zero-order valence-electron chi connectivity index (χ0n) is 10.9. The first kappa shape index (κ1) is 14.7. The van der Waals surface area contributed by atoms with Crippen LogP contribution in [0.3, 0.4) is 0 Å². The summed E-state index contributed by atoms with van der Waals surface area (Å²) in [5, 5.41) is 0. The van der Waals surface area contributed by atoms with Crippen molar-refractivity contribution in [3.63, 3.8) is 0 Å². The Morgan fingerprint density at radius 2 is 2.00 bits per heavy atom. The molecule has 2 nitrogen and oxygen atoms in total. The number of benzene rings is 1. The highest BCUT2D eigenvalue weighted by molar-refractivity contribution is 5.45. The fraction of sp³-hybridized carbons (Fsp3) is 0.467. The lowest BCUT2D eigenvalue weighted by molar-refractivity contribution is -0.137. The molecule has 0 unspecified atom stereocenters. The molecule has 1 aromatic rings. The van der Waals surface area contributed by atoms with E-state index in [-0.39, 0.29) is 11.3 Å². The molecule has 0 N–H and O–H groups in total. The van der Waals surface area contributed by atoms with Crippen molar-refractivity contribution in [2.75, 3.05) is 19.8 Å². The lowest BCUT2D eigenvalue weighted by Crippen LogP contribution is -2.21. The van der Waals surface area contributed by atoms with Crippen molar-refractivity contribution in [1.29, 1.82) is 0 Å². The van der Waals surface area contributed by atoms with Gasteiger partial charge in [-0.05, 0) is 37.0 Å². The number of rotatable bonds is 3. The van der Waals surface area contributed by atoms with Gasteiger partial charge in [0.05, 0.1) is 12.2 Å². The molecular weight excluding hydrogens is 269 g/mol. The maximum Gasteiger partial charge on any atom is 0.417 e. The third-order valence-corrected chi connectivity index (χ3v) is 3.28. The highest BCUT2D eigenvalue weighted by Crippen LogP contribution is 2.34. The number of ether oxygens (including phenoxy) is 2. The smallest absolute Gasteiger partial charge is 0.417 e. The third-order valence-electron chi connectivity index (χ3n) is 3.28. The van der Waals surface area contributed by atoms with Gasteiger partial charge in [-0.3, -0.25) is 0 Å². The first-order valence-corrected chi connectivity index (χ1v) is 6.39. The topological polar surface area (TPSA) is 18.5 Å². The fourth-order valence-electron chi connectivity index (χ4n) is 2.10. The van der Waals surface area contributed by atoms with Gasteiger partial charge in [-0.25, -0.2) is 0 Å². The molecule has 0 amide bonds. The molecule has 0 bridgehead atoms. The Hall–Kier alpha value is -1.67. The normalized spacial score (nSPS) is 16.7. The molecule has 1 fully saturated rings. The lowest BCUT2D eigenvalue weighted by Gasteiger charge is -2.22. The summed E-state index contributed by atoms with van der Waals surface area (Å²) in [5.41, 5.74) is -1.000. The molecule has 1 saturated heterocycles. The zero-order chi connectivity index (χ0) is 14.6. The quantitative estimate of drug-likeness (QED) is 0.791. The average Bonchev–Trinajstić information content (AvgIpc) is 2.45. The van der Waals surface area contributed by atoms with Gasteiger partial charge in [0.15, 0.2) is 0 Å². The van der Waals surface area contributed by atoms with E-state index in [1.54, 1.807) is 0 Å². The zero-order valence-corrected chi connectivity index (χ0v) is 10.9. The van der Waals surface area contributed by atoms with Crippen LogP contribution in [-0.4, -0.2) is 19.8 Å². The predicted octanol–water partition coefficient (Wildman–Crippen LogP) is 3.49. The van der Waals surface area contributed by atoms with Crippen LogP contribution in [0, 0.1) is 18.3 Å². The van der Waals surface area contributed by atoms with E-state index in [4.69, 9.17) is 15.9 Å². The van der Waals surface area contributed by atoms with E-state index in [2.05, 4.69) is 0 Å². The van der Waals surface area contributed by atoms with Crippen molar-refractivity contribution in [2.24, 2.45) is 5.92 Å². The summed E-state index contributed by atoms with van der Waals surface area (Å²) in [6, 6.07) is 3.71. The molecule has 1 aliphatic heterocycles. The van der Waals surface area contributed by atoms with E-state index in [1.165, 1.54) is 12.1 Å². The van der Waals surface area contributed by atoms with Crippen LogP contribution in [-0.2, 0) is 10.9 Å². The Morgan fingerprint density at radius 3 is 2.60 bits per heavy atom. The second kappa shape index (κ2) is 6.19. The van der Waals surface area contributed by atoms with Crippen LogP contribution in [0.1, 0.15) is 24.0 Å². The first-order valence-electron chi connectivity index (χ1n) is 6.39. The highest BCUT2D eigenvalue weighted by Gasteiger charge is 2.33. The van der Waals surface area contributed by atoms with E-state index in [9.17, 15) is 13.2 Å². The molecular formula is C15H15F3O2. The Kier molecular flexibility index (Phi) is 4.56. The van der Waals surface area contributed by atoms with Crippen LogP contribution in [0.5, 0.6) is 5.75 Å². The van der Waals surface area contributed by atoms with Crippen LogP contribution in [0.25, 0.3) is 0 Å². The monoisotopic (exact) mass is 284 g/mol. The largest absolute Gasteiger partial charge is 0.493 e. The van der Waals surface area contributed by atoms with Crippen LogP contribution in [0.15, 0.2) is 18.2 Å². The molecule has 0 spiro atoms. The molecule has 0 aliphatic carbocycles. The van der Waals surface area contributed by atoms with Gasteiger partial charge in [-0.1, -0.05) is 5.92 Å². The second-order valence-electron chi connectivity index (χ2n) is 4.72. The molecule has 0 aromatic heterocycles. The number of hydrogen-bond acceptors (Lipinski definition) is 2. The molecule has 20 heavy (non-hydrogen) atoms. The number of halogens is 3. The van der Waals surface area contributed by atoms with E-state index in [0.29, 0.717) is 25.7 Å². The molecule has 5 heteroatoms. The second-order valence-corrected chi connectivity index (χ2v) is 4.72.